The van der Waals surface area contributed by atoms with E-state index in [2.05, 4.69) is 34.5 Å². The number of hydrogen-bond donors (Lipinski definition) is 1. The van der Waals surface area contributed by atoms with Crippen LogP contribution in [0.2, 0.25) is 0 Å². The van der Waals surface area contributed by atoms with Gasteiger partial charge in [0.15, 0.2) is 0 Å². The van der Waals surface area contributed by atoms with Gasteiger partial charge in [-0.15, -0.1) is 0 Å². The van der Waals surface area contributed by atoms with Crippen LogP contribution in [0, 0.1) is 11.8 Å². The van der Waals surface area contributed by atoms with E-state index in [0.29, 0.717) is 6.54 Å². The van der Waals surface area contributed by atoms with Gasteiger partial charge in [-0.05, 0) is 35.8 Å². The summed E-state index contributed by atoms with van der Waals surface area (Å²) in [6, 6.07) is 8.68. The lowest BCUT2D eigenvalue weighted by molar-refractivity contribution is 0.0342. The molecule has 1 aliphatic carbocycles. The van der Waals surface area contributed by atoms with Crippen molar-refractivity contribution in [3.8, 4) is 0 Å². The van der Waals surface area contributed by atoms with Gasteiger partial charge in [-0.25, -0.2) is 4.79 Å². The van der Waals surface area contributed by atoms with Crippen molar-refractivity contribution in [3.05, 3.63) is 35.4 Å². The van der Waals surface area contributed by atoms with Crippen molar-refractivity contribution >= 4 is 6.03 Å². The molecule has 1 saturated carbocycles. The summed E-state index contributed by atoms with van der Waals surface area (Å²) in [5, 5.41) is 3.11. The zero-order chi connectivity index (χ0) is 17.1. The van der Waals surface area contributed by atoms with E-state index in [-0.39, 0.29) is 6.03 Å². The third-order valence-electron chi connectivity index (χ3n) is 5.96. The molecule has 5 heteroatoms. The second-order valence-electron chi connectivity index (χ2n) is 7.72. The number of amides is 2. The smallest absolute Gasteiger partial charge is 0.317 e. The van der Waals surface area contributed by atoms with Crippen LogP contribution in [0.4, 0.5) is 4.79 Å². The molecule has 0 spiro atoms. The molecule has 5 nitrogen and oxygen atoms in total. The number of ether oxygens (including phenoxy) is 1. The van der Waals surface area contributed by atoms with Gasteiger partial charge in [0.1, 0.15) is 0 Å². The lowest BCUT2D eigenvalue weighted by atomic mass is 10.0. The number of nitrogens with zero attached hydrogens (tertiary/aromatic N) is 2. The van der Waals surface area contributed by atoms with Crippen molar-refractivity contribution in [3.63, 3.8) is 0 Å². The molecule has 1 aromatic rings. The molecule has 2 saturated heterocycles. The second-order valence-corrected chi connectivity index (χ2v) is 7.72. The molecule has 0 aromatic heterocycles. The van der Waals surface area contributed by atoms with Crippen LogP contribution in [0.15, 0.2) is 24.3 Å². The van der Waals surface area contributed by atoms with E-state index < -0.39 is 0 Å². The monoisotopic (exact) mass is 343 g/mol. The minimum Gasteiger partial charge on any atom is -0.379 e. The van der Waals surface area contributed by atoms with Crippen molar-refractivity contribution in [1.29, 1.82) is 0 Å². The maximum absolute atomic E-state index is 12.4. The number of carbonyl (C=O) groups excluding carboxylic acids is 1. The number of urea groups is 1. The second kappa shape index (κ2) is 7.75. The Morgan fingerprint density at radius 2 is 1.84 bits per heavy atom. The first kappa shape index (κ1) is 16.9. The van der Waals surface area contributed by atoms with E-state index in [1.807, 2.05) is 4.90 Å². The van der Waals surface area contributed by atoms with E-state index in [1.54, 1.807) is 0 Å². The third-order valence-corrected chi connectivity index (χ3v) is 5.96. The Balaban J connectivity index is 1.27. The number of nitrogens with one attached hydrogen (secondary N) is 1. The zero-order valence-electron chi connectivity index (χ0n) is 15.0. The predicted octanol–water partition coefficient (Wildman–Crippen LogP) is 2.46. The predicted molar refractivity (Wildman–Crippen MR) is 97.2 cm³/mol. The molecule has 0 radical (unpaired) electrons. The molecule has 136 valence electrons. The standard InChI is InChI=1S/C20H29N3O2/c24-20(23-14-18-5-2-6-19(18)15-23)21-12-16-3-1-4-17(11-16)13-22-7-9-25-10-8-22/h1,3-4,11,18-19H,2,5-10,12-15H2,(H,21,24)/t18-,19+. The van der Waals surface area contributed by atoms with Gasteiger partial charge in [-0.2, -0.15) is 0 Å². The molecule has 1 N–H and O–H groups in total. The quantitative estimate of drug-likeness (QED) is 0.913. The van der Waals surface area contributed by atoms with Gasteiger partial charge < -0.3 is 15.0 Å². The average molecular weight is 343 g/mol. The highest BCUT2D eigenvalue weighted by atomic mass is 16.5. The Kier molecular flexibility index (Phi) is 5.22. The average Bonchev–Trinajstić information content (AvgIpc) is 3.23. The van der Waals surface area contributed by atoms with Crippen LogP contribution in [0.3, 0.4) is 0 Å². The van der Waals surface area contributed by atoms with E-state index in [4.69, 9.17) is 4.74 Å². The lowest BCUT2D eigenvalue weighted by Gasteiger charge is -2.26. The third kappa shape index (κ3) is 4.15. The first-order valence-electron chi connectivity index (χ1n) is 9.68. The van der Waals surface area contributed by atoms with Gasteiger partial charge in [0.25, 0.3) is 0 Å². The highest BCUT2D eigenvalue weighted by Gasteiger charge is 2.37. The summed E-state index contributed by atoms with van der Waals surface area (Å²) in [5.74, 6) is 1.50. The molecule has 3 aliphatic rings. The minimum absolute atomic E-state index is 0.105. The van der Waals surface area contributed by atoms with Gasteiger partial charge in [0.2, 0.25) is 0 Å². The van der Waals surface area contributed by atoms with Crippen molar-refractivity contribution in [2.75, 3.05) is 39.4 Å². The highest BCUT2D eigenvalue weighted by molar-refractivity contribution is 5.74. The van der Waals surface area contributed by atoms with E-state index in [1.165, 1.54) is 30.4 Å². The molecule has 0 unspecified atom stereocenters. The number of hydrogen-bond acceptors (Lipinski definition) is 3. The number of morpholine rings is 1. The summed E-state index contributed by atoms with van der Waals surface area (Å²) < 4.78 is 5.41. The first-order valence-corrected chi connectivity index (χ1v) is 9.68. The summed E-state index contributed by atoms with van der Waals surface area (Å²) in [6.07, 6.45) is 3.96. The molecule has 2 atom stereocenters. The molecule has 1 aromatic carbocycles. The normalized spacial score (nSPS) is 26.6. The Morgan fingerprint density at radius 1 is 1.12 bits per heavy atom. The van der Waals surface area contributed by atoms with Crippen LogP contribution < -0.4 is 5.32 Å². The van der Waals surface area contributed by atoms with Crippen LogP contribution in [0.5, 0.6) is 0 Å². The Labute approximate surface area is 150 Å². The van der Waals surface area contributed by atoms with E-state index in [0.717, 1.165) is 57.8 Å². The molecule has 2 aliphatic heterocycles. The molecule has 0 bridgehead atoms. The van der Waals surface area contributed by atoms with Crippen molar-refractivity contribution in [2.45, 2.75) is 32.4 Å². The van der Waals surface area contributed by atoms with Crippen LogP contribution >= 0.6 is 0 Å². The van der Waals surface area contributed by atoms with Gasteiger partial charge in [-0.3, -0.25) is 4.90 Å². The maximum Gasteiger partial charge on any atom is 0.317 e. The zero-order valence-corrected chi connectivity index (χ0v) is 15.0. The molecule has 2 amide bonds. The fourth-order valence-corrected chi connectivity index (χ4v) is 4.55. The highest BCUT2D eigenvalue weighted by Crippen LogP contribution is 2.37. The molecule has 4 rings (SSSR count). The van der Waals surface area contributed by atoms with Crippen molar-refractivity contribution < 1.29 is 9.53 Å². The lowest BCUT2D eigenvalue weighted by Crippen LogP contribution is -2.38. The number of carbonyl (C=O) groups is 1. The summed E-state index contributed by atoms with van der Waals surface area (Å²) in [7, 11) is 0. The van der Waals surface area contributed by atoms with E-state index in [9.17, 15) is 4.79 Å². The van der Waals surface area contributed by atoms with Crippen LogP contribution in [0.25, 0.3) is 0 Å². The van der Waals surface area contributed by atoms with Gasteiger partial charge in [0, 0.05) is 39.3 Å². The summed E-state index contributed by atoms with van der Waals surface area (Å²) >= 11 is 0. The Hall–Kier alpha value is -1.59. The van der Waals surface area contributed by atoms with Gasteiger partial charge in [0.05, 0.1) is 13.2 Å². The van der Waals surface area contributed by atoms with Crippen LogP contribution in [0.1, 0.15) is 30.4 Å². The Morgan fingerprint density at radius 3 is 2.60 bits per heavy atom. The van der Waals surface area contributed by atoms with Gasteiger partial charge >= 0.3 is 6.03 Å². The number of fused-ring (bicyclic) bond motifs is 1. The summed E-state index contributed by atoms with van der Waals surface area (Å²) in [4.78, 5) is 16.9. The molecular weight excluding hydrogens is 314 g/mol. The molecule has 3 fully saturated rings. The van der Waals surface area contributed by atoms with E-state index >= 15 is 0 Å². The molecular formula is C20H29N3O2. The molecule has 25 heavy (non-hydrogen) atoms. The first-order chi connectivity index (χ1) is 12.3. The van der Waals surface area contributed by atoms with Crippen LogP contribution in [-0.4, -0.2) is 55.2 Å². The minimum atomic E-state index is 0.105. The Bertz CT molecular complexity index is 588. The maximum atomic E-state index is 12.4. The van der Waals surface area contributed by atoms with Crippen molar-refractivity contribution in [1.82, 2.24) is 15.1 Å². The number of likely N-dealkylation sites (tertiary alicyclic amines) is 1. The topological polar surface area (TPSA) is 44.8 Å². The number of rotatable bonds is 4. The number of benzene rings is 1. The summed E-state index contributed by atoms with van der Waals surface area (Å²) in [6.45, 7) is 7.13. The largest absolute Gasteiger partial charge is 0.379 e. The fraction of sp³-hybridized carbons (Fsp3) is 0.650. The SMILES string of the molecule is O=C(NCc1cccc(CN2CCOCC2)c1)N1C[C@H]2CCC[C@H]2C1. The molecule has 2 heterocycles. The van der Waals surface area contributed by atoms with Crippen molar-refractivity contribution in [2.24, 2.45) is 11.8 Å². The summed E-state index contributed by atoms with van der Waals surface area (Å²) in [5.41, 5.74) is 2.49. The van der Waals surface area contributed by atoms with Gasteiger partial charge in [-0.1, -0.05) is 30.7 Å². The van der Waals surface area contributed by atoms with Crippen LogP contribution in [-0.2, 0) is 17.8 Å². The fourth-order valence-electron chi connectivity index (χ4n) is 4.55.